The molecule has 0 aliphatic rings. The number of amides is 1. The van der Waals surface area contributed by atoms with Gasteiger partial charge >= 0.3 is 5.97 Å². The molecule has 2 aromatic rings. The van der Waals surface area contributed by atoms with Gasteiger partial charge in [0.15, 0.2) is 0 Å². The Morgan fingerprint density at radius 1 is 1.30 bits per heavy atom. The molecule has 0 unspecified atom stereocenters. The number of hydrogen-bond acceptors (Lipinski definition) is 5. The summed E-state index contributed by atoms with van der Waals surface area (Å²) in [6.07, 6.45) is 2.53. The van der Waals surface area contributed by atoms with Gasteiger partial charge in [-0.15, -0.1) is 5.10 Å². The molecule has 0 atom stereocenters. The summed E-state index contributed by atoms with van der Waals surface area (Å²) >= 11 is 1.04. The summed E-state index contributed by atoms with van der Waals surface area (Å²) in [6.45, 7) is 1.72. The molecule has 2 N–H and O–H groups in total. The van der Waals surface area contributed by atoms with Crippen LogP contribution >= 0.6 is 11.5 Å². The zero-order valence-electron chi connectivity index (χ0n) is 10.5. The van der Waals surface area contributed by atoms with E-state index < -0.39 is 5.97 Å². The van der Waals surface area contributed by atoms with Crippen LogP contribution in [-0.2, 0) is 4.79 Å². The van der Waals surface area contributed by atoms with Crippen molar-refractivity contribution in [2.75, 3.05) is 5.32 Å². The van der Waals surface area contributed by atoms with Gasteiger partial charge in [-0.3, -0.25) is 4.79 Å². The molecule has 1 aromatic heterocycles. The minimum atomic E-state index is -1.00. The molecule has 0 saturated carbocycles. The highest BCUT2D eigenvalue weighted by atomic mass is 32.1. The number of anilines is 1. The second-order valence-corrected chi connectivity index (χ2v) is 4.69. The molecule has 0 aliphatic carbocycles. The molecule has 102 valence electrons. The summed E-state index contributed by atoms with van der Waals surface area (Å²) in [5.74, 6) is -1.26. The van der Waals surface area contributed by atoms with E-state index in [0.29, 0.717) is 16.3 Å². The molecule has 0 spiro atoms. The van der Waals surface area contributed by atoms with E-state index in [0.717, 1.165) is 23.2 Å². The first-order valence-corrected chi connectivity index (χ1v) is 6.45. The smallest absolute Gasteiger partial charge is 0.328 e. The number of carboxylic acids is 1. The highest BCUT2D eigenvalue weighted by Crippen LogP contribution is 2.15. The molecule has 0 radical (unpaired) electrons. The van der Waals surface area contributed by atoms with Crippen LogP contribution in [0.5, 0.6) is 0 Å². The summed E-state index contributed by atoms with van der Waals surface area (Å²) in [5.41, 5.74) is 1.95. The van der Waals surface area contributed by atoms with Crippen LogP contribution in [-0.4, -0.2) is 26.6 Å². The molecule has 2 rings (SSSR count). The highest BCUT2D eigenvalue weighted by Gasteiger charge is 2.12. The molecule has 20 heavy (non-hydrogen) atoms. The van der Waals surface area contributed by atoms with Gasteiger partial charge in [0.1, 0.15) is 4.88 Å². The van der Waals surface area contributed by atoms with Crippen molar-refractivity contribution in [3.8, 4) is 0 Å². The predicted octanol–water partition coefficient (Wildman–Crippen LogP) is 2.20. The summed E-state index contributed by atoms with van der Waals surface area (Å²) in [5, 5.41) is 15.0. The lowest BCUT2D eigenvalue weighted by atomic mass is 10.2. The van der Waals surface area contributed by atoms with E-state index in [-0.39, 0.29) is 5.91 Å². The number of carbonyl (C=O) groups is 2. The van der Waals surface area contributed by atoms with Crippen molar-refractivity contribution in [2.24, 2.45) is 0 Å². The van der Waals surface area contributed by atoms with Crippen LogP contribution in [0, 0.1) is 6.92 Å². The number of carboxylic acid groups (broad SMARTS) is 1. The topological polar surface area (TPSA) is 92.2 Å². The Hall–Kier alpha value is -2.54. The number of nitrogens with one attached hydrogen (secondary N) is 1. The van der Waals surface area contributed by atoms with Crippen LogP contribution in [0.1, 0.15) is 20.9 Å². The molecule has 0 aliphatic heterocycles. The van der Waals surface area contributed by atoms with Crippen molar-refractivity contribution in [3.63, 3.8) is 0 Å². The second kappa shape index (κ2) is 6.07. The summed E-state index contributed by atoms with van der Waals surface area (Å²) < 4.78 is 3.71. The lowest BCUT2D eigenvalue weighted by Crippen LogP contribution is -2.11. The van der Waals surface area contributed by atoms with Crippen molar-refractivity contribution in [1.29, 1.82) is 0 Å². The minimum absolute atomic E-state index is 0.258. The molecule has 1 heterocycles. The van der Waals surface area contributed by atoms with Gasteiger partial charge in [0.2, 0.25) is 0 Å². The normalized spacial score (nSPS) is 10.7. The number of benzene rings is 1. The summed E-state index contributed by atoms with van der Waals surface area (Å²) in [4.78, 5) is 22.8. The number of carbonyl (C=O) groups excluding carboxylic acids is 1. The van der Waals surface area contributed by atoms with Crippen molar-refractivity contribution >= 4 is 35.2 Å². The molecule has 1 aromatic carbocycles. The first-order chi connectivity index (χ1) is 9.56. The number of nitrogens with zero attached hydrogens (tertiary/aromatic N) is 2. The van der Waals surface area contributed by atoms with Crippen LogP contribution in [0.4, 0.5) is 5.69 Å². The van der Waals surface area contributed by atoms with E-state index in [1.165, 1.54) is 6.08 Å². The van der Waals surface area contributed by atoms with Gasteiger partial charge in [0, 0.05) is 11.8 Å². The third-order valence-electron chi connectivity index (χ3n) is 2.44. The van der Waals surface area contributed by atoms with Crippen molar-refractivity contribution in [2.45, 2.75) is 6.92 Å². The molecule has 0 saturated heterocycles. The van der Waals surface area contributed by atoms with E-state index in [4.69, 9.17) is 5.11 Å². The fourth-order valence-corrected chi connectivity index (χ4v) is 2.02. The Balaban J connectivity index is 2.06. The van der Waals surface area contributed by atoms with Crippen LogP contribution in [0.2, 0.25) is 0 Å². The molecule has 7 heteroatoms. The van der Waals surface area contributed by atoms with E-state index in [9.17, 15) is 9.59 Å². The SMILES string of the molecule is Cc1nnsc1C(=O)Nc1ccc(C=CC(=O)O)cc1. The number of aromatic nitrogens is 2. The first-order valence-electron chi connectivity index (χ1n) is 5.67. The Bertz CT molecular complexity index is 662. The molecular weight excluding hydrogens is 278 g/mol. The number of rotatable bonds is 4. The first kappa shape index (κ1) is 13.9. The molecule has 0 fully saturated rings. The Morgan fingerprint density at radius 2 is 2.00 bits per heavy atom. The minimum Gasteiger partial charge on any atom is -0.478 e. The second-order valence-electron chi connectivity index (χ2n) is 3.94. The molecule has 6 nitrogen and oxygen atoms in total. The van der Waals surface area contributed by atoms with Gasteiger partial charge in [-0.05, 0) is 42.2 Å². The fraction of sp³-hybridized carbons (Fsp3) is 0.0769. The number of aryl methyl sites for hydroxylation is 1. The number of aliphatic carboxylic acids is 1. The van der Waals surface area contributed by atoms with Gasteiger partial charge in [-0.25, -0.2) is 4.79 Å². The lowest BCUT2D eigenvalue weighted by Gasteiger charge is -2.03. The van der Waals surface area contributed by atoms with Crippen LogP contribution in [0.3, 0.4) is 0 Å². The highest BCUT2D eigenvalue weighted by molar-refractivity contribution is 7.08. The maximum Gasteiger partial charge on any atom is 0.328 e. The van der Waals surface area contributed by atoms with Gasteiger partial charge in [0.25, 0.3) is 5.91 Å². The lowest BCUT2D eigenvalue weighted by molar-refractivity contribution is -0.131. The van der Waals surface area contributed by atoms with Crippen molar-refractivity contribution in [3.05, 3.63) is 46.5 Å². The average Bonchev–Trinajstić information content (AvgIpc) is 2.84. The van der Waals surface area contributed by atoms with Gasteiger partial charge in [-0.1, -0.05) is 16.6 Å². The maximum absolute atomic E-state index is 11.9. The Kier molecular flexibility index (Phi) is 4.21. The van der Waals surface area contributed by atoms with Gasteiger partial charge < -0.3 is 10.4 Å². The molecule has 0 bridgehead atoms. The molecular formula is C13H11N3O3S. The van der Waals surface area contributed by atoms with Crippen LogP contribution < -0.4 is 5.32 Å². The van der Waals surface area contributed by atoms with E-state index >= 15 is 0 Å². The zero-order valence-corrected chi connectivity index (χ0v) is 11.3. The van der Waals surface area contributed by atoms with Crippen molar-refractivity contribution in [1.82, 2.24) is 9.59 Å². The summed E-state index contributed by atoms with van der Waals surface area (Å²) in [6, 6.07) is 6.83. The fourth-order valence-electron chi connectivity index (χ4n) is 1.47. The van der Waals surface area contributed by atoms with E-state index in [1.54, 1.807) is 31.2 Å². The average molecular weight is 289 g/mol. The standard InChI is InChI=1S/C13H11N3O3S/c1-8-12(20-16-15-8)13(19)14-10-5-2-9(3-6-10)4-7-11(17)18/h2-7H,1H3,(H,14,19)(H,17,18). The third kappa shape index (κ3) is 3.48. The quantitative estimate of drug-likeness (QED) is 0.842. The monoisotopic (exact) mass is 289 g/mol. The Labute approximate surface area is 118 Å². The predicted molar refractivity (Wildman–Crippen MR) is 75.7 cm³/mol. The molecule has 1 amide bonds. The summed E-state index contributed by atoms with van der Waals surface area (Å²) in [7, 11) is 0. The van der Waals surface area contributed by atoms with Crippen LogP contribution in [0.25, 0.3) is 6.08 Å². The largest absolute Gasteiger partial charge is 0.478 e. The maximum atomic E-state index is 11.9. The van der Waals surface area contributed by atoms with E-state index in [2.05, 4.69) is 14.9 Å². The Morgan fingerprint density at radius 3 is 2.55 bits per heavy atom. The van der Waals surface area contributed by atoms with E-state index in [1.807, 2.05) is 0 Å². The van der Waals surface area contributed by atoms with Gasteiger partial charge in [-0.2, -0.15) is 0 Å². The zero-order chi connectivity index (χ0) is 14.5. The van der Waals surface area contributed by atoms with Crippen molar-refractivity contribution < 1.29 is 14.7 Å². The third-order valence-corrected chi connectivity index (χ3v) is 3.27. The van der Waals surface area contributed by atoms with Gasteiger partial charge in [0.05, 0.1) is 5.69 Å². The number of hydrogen-bond donors (Lipinski definition) is 2. The van der Waals surface area contributed by atoms with Crippen LogP contribution in [0.15, 0.2) is 30.3 Å².